The van der Waals surface area contributed by atoms with Gasteiger partial charge in [-0.15, -0.1) is 0 Å². The Morgan fingerprint density at radius 2 is 1.77 bits per heavy atom. The van der Waals surface area contributed by atoms with E-state index in [9.17, 15) is 13.2 Å². The van der Waals surface area contributed by atoms with Crippen molar-refractivity contribution in [2.75, 3.05) is 6.54 Å². The van der Waals surface area contributed by atoms with Crippen LogP contribution in [0.1, 0.15) is 20.8 Å². The molecule has 0 radical (unpaired) electrons. The predicted octanol–water partition coefficient (Wildman–Crippen LogP) is 2.08. The average molecular weight is 194 g/mol. The van der Waals surface area contributed by atoms with Crippen LogP contribution >= 0.6 is 0 Å². The topological polar surface area (TPSA) is 35.8 Å². The molecule has 0 aromatic heterocycles. The van der Waals surface area contributed by atoms with Crippen molar-refractivity contribution in [2.45, 2.75) is 32.5 Å². The first-order valence-corrected chi connectivity index (χ1v) is 3.88. The lowest BCUT2D eigenvalue weighted by atomic mass is 10.1. The van der Waals surface area contributed by atoms with E-state index in [2.05, 4.69) is 5.32 Å². The van der Waals surface area contributed by atoms with E-state index >= 15 is 0 Å². The second-order valence-corrected chi connectivity index (χ2v) is 3.85. The van der Waals surface area contributed by atoms with E-state index in [1.54, 1.807) is 20.8 Å². The van der Waals surface area contributed by atoms with Gasteiger partial charge in [0.1, 0.15) is 0 Å². The monoisotopic (exact) mass is 194 g/mol. The molecule has 0 aliphatic carbocycles. The first kappa shape index (κ1) is 12.2. The molecule has 1 N–H and O–H groups in total. The van der Waals surface area contributed by atoms with E-state index in [-0.39, 0.29) is 6.54 Å². The van der Waals surface area contributed by atoms with Gasteiger partial charge in [0.15, 0.2) is 5.92 Å². The first-order valence-electron chi connectivity index (χ1n) is 3.88. The molecule has 0 saturated carbocycles. The summed E-state index contributed by atoms with van der Waals surface area (Å²) in [5.41, 5.74) is -0.402. The number of hydrogen-bond acceptors (Lipinski definition) is 2. The van der Waals surface area contributed by atoms with E-state index in [0.29, 0.717) is 0 Å². The molecule has 0 aliphatic rings. The largest absolute Gasteiger partial charge is 0.405 e. The van der Waals surface area contributed by atoms with Crippen LogP contribution in [-0.4, -0.2) is 18.3 Å². The first-order chi connectivity index (χ1) is 5.67. The Bertz CT molecular complexity index is 197. The fourth-order valence-corrected chi connectivity index (χ4v) is 0.643. The second-order valence-electron chi connectivity index (χ2n) is 3.85. The number of alkyl halides is 3. The quantitative estimate of drug-likeness (QED) is 0.730. The molecule has 0 aliphatic heterocycles. The molecule has 0 spiro atoms. The average Bonchev–Trinajstić information content (AvgIpc) is 1.82. The van der Waals surface area contributed by atoms with Crippen LogP contribution in [0.3, 0.4) is 0 Å². The third-order valence-corrected chi connectivity index (χ3v) is 1.39. The number of halogens is 3. The van der Waals surface area contributed by atoms with E-state index in [4.69, 9.17) is 5.26 Å². The third-order valence-electron chi connectivity index (χ3n) is 1.39. The van der Waals surface area contributed by atoms with Gasteiger partial charge in [0.25, 0.3) is 0 Å². The Kier molecular flexibility index (Phi) is 3.73. The molecule has 0 fully saturated rings. The highest BCUT2D eigenvalue weighted by molar-refractivity contribution is 4.91. The molecule has 0 amide bonds. The Hall–Kier alpha value is -0.760. The SMILES string of the molecule is CC(C)(C)NCC(C#N)C(F)(F)F. The van der Waals surface area contributed by atoms with E-state index < -0.39 is 17.6 Å². The molecule has 76 valence electrons. The fraction of sp³-hybridized carbons (Fsp3) is 0.875. The van der Waals surface area contributed by atoms with E-state index in [0.717, 1.165) is 0 Å². The predicted molar refractivity (Wildman–Crippen MR) is 42.9 cm³/mol. The highest BCUT2D eigenvalue weighted by Gasteiger charge is 2.40. The molecule has 13 heavy (non-hydrogen) atoms. The molecule has 0 heterocycles. The van der Waals surface area contributed by atoms with Gasteiger partial charge in [0.05, 0.1) is 6.07 Å². The molecule has 0 rings (SSSR count). The minimum atomic E-state index is -4.44. The van der Waals surface area contributed by atoms with Crippen molar-refractivity contribution in [1.29, 1.82) is 5.26 Å². The van der Waals surface area contributed by atoms with Crippen LogP contribution in [-0.2, 0) is 0 Å². The van der Waals surface area contributed by atoms with E-state index in [1.807, 2.05) is 0 Å². The van der Waals surface area contributed by atoms with Crippen LogP contribution in [0.15, 0.2) is 0 Å². The summed E-state index contributed by atoms with van der Waals surface area (Å²) in [6.07, 6.45) is -4.44. The van der Waals surface area contributed by atoms with Crippen LogP contribution in [0.2, 0.25) is 0 Å². The normalized spacial score (nSPS) is 15.2. The van der Waals surface area contributed by atoms with Crippen molar-refractivity contribution in [3.05, 3.63) is 0 Å². The fourth-order valence-electron chi connectivity index (χ4n) is 0.643. The van der Waals surface area contributed by atoms with Gasteiger partial charge in [-0.25, -0.2) is 0 Å². The smallest absolute Gasteiger partial charge is 0.310 e. The lowest BCUT2D eigenvalue weighted by molar-refractivity contribution is -0.158. The van der Waals surface area contributed by atoms with Crippen molar-refractivity contribution >= 4 is 0 Å². The minimum absolute atomic E-state index is 0.358. The molecular formula is C8H13F3N2. The van der Waals surface area contributed by atoms with Gasteiger partial charge in [-0.1, -0.05) is 0 Å². The van der Waals surface area contributed by atoms with Crippen molar-refractivity contribution in [1.82, 2.24) is 5.32 Å². The van der Waals surface area contributed by atoms with Gasteiger partial charge in [0, 0.05) is 12.1 Å². The lowest BCUT2D eigenvalue weighted by Gasteiger charge is -2.23. The van der Waals surface area contributed by atoms with Gasteiger partial charge < -0.3 is 5.32 Å². The lowest BCUT2D eigenvalue weighted by Crippen LogP contribution is -2.42. The van der Waals surface area contributed by atoms with Crippen molar-refractivity contribution in [2.24, 2.45) is 5.92 Å². The summed E-state index contributed by atoms with van der Waals surface area (Å²) in [5.74, 6) is -1.92. The van der Waals surface area contributed by atoms with Gasteiger partial charge in [0.2, 0.25) is 0 Å². The summed E-state index contributed by atoms with van der Waals surface area (Å²) in [4.78, 5) is 0. The Labute approximate surface area is 75.7 Å². The molecule has 1 atom stereocenters. The van der Waals surface area contributed by atoms with Crippen LogP contribution in [0.5, 0.6) is 0 Å². The molecule has 1 unspecified atom stereocenters. The number of hydrogen-bond donors (Lipinski definition) is 1. The Balaban J connectivity index is 4.12. The number of nitrogens with zero attached hydrogens (tertiary/aromatic N) is 1. The standard InChI is InChI=1S/C8H13F3N2/c1-7(2,3)13-5-6(4-12)8(9,10)11/h6,13H,5H2,1-3H3. The number of nitrogens with one attached hydrogen (secondary N) is 1. The zero-order valence-electron chi connectivity index (χ0n) is 7.87. The van der Waals surface area contributed by atoms with E-state index in [1.165, 1.54) is 6.07 Å². The minimum Gasteiger partial charge on any atom is -0.310 e. The zero-order valence-corrected chi connectivity index (χ0v) is 7.87. The summed E-state index contributed by atoms with van der Waals surface area (Å²) in [6.45, 7) is 4.89. The molecule has 0 saturated heterocycles. The van der Waals surface area contributed by atoms with Crippen molar-refractivity contribution in [3.8, 4) is 6.07 Å². The highest BCUT2D eigenvalue weighted by Crippen LogP contribution is 2.25. The summed E-state index contributed by atoms with van der Waals surface area (Å²) in [5, 5.41) is 10.9. The van der Waals surface area contributed by atoms with Crippen molar-refractivity contribution in [3.63, 3.8) is 0 Å². The number of rotatable bonds is 2. The van der Waals surface area contributed by atoms with Gasteiger partial charge in [-0.2, -0.15) is 18.4 Å². The third kappa shape index (κ3) is 5.47. The summed E-state index contributed by atoms with van der Waals surface area (Å²) in [7, 11) is 0. The van der Waals surface area contributed by atoms with Gasteiger partial charge in [-0.05, 0) is 20.8 Å². The maximum atomic E-state index is 12.0. The van der Waals surface area contributed by atoms with Crippen molar-refractivity contribution < 1.29 is 13.2 Å². The van der Waals surface area contributed by atoms with Crippen LogP contribution in [0.4, 0.5) is 13.2 Å². The van der Waals surface area contributed by atoms with Crippen LogP contribution in [0.25, 0.3) is 0 Å². The summed E-state index contributed by atoms with van der Waals surface area (Å²) in [6, 6.07) is 1.23. The van der Waals surface area contributed by atoms with Crippen LogP contribution in [0, 0.1) is 17.2 Å². The molecule has 5 heteroatoms. The van der Waals surface area contributed by atoms with Gasteiger partial charge in [-0.3, -0.25) is 0 Å². The highest BCUT2D eigenvalue weighted by atomic mass is 19.4. The summed E-state index contributed by atoms with van der Waals surface area (Å²) >= 11 is 0. The maximum absolute atomic E-state index is 12.0. The second kappa shape index (κ2) is 3.97. The van der Waals surface area contributed by atoms with Gasteiger partial charge >= 0.3 is 6.18 Å². The molecule has 0 aromatic rings. The maximum Gasteiger partial charge on any atom is 0.405 e. The molecular weight excluding hydrogens is 181 g/mol. The van der Waals surface area contributed by atoms with Crippen LogP contribution < -0.4 is 5.32 Å². The Morgan fingerprint density at radius 1 is 1.31 bits per heavy atom. The molecule has 2 nitrogen and oxygen atoms in total. The Morgan fingerprint density at radius 3 is 2.00 bits per heavy atom. The molecule has 0 bridgehead atoms. The number of nitriles is 1. The zero-order chi connectivity index (χ0) is 10.7. The molecule has 0 aromatic carbocycles. The summed E-state index contributed by atoms with van der Waals surface area (Å²) < 4.78 is 36.1.